The van der Waals surface area contributed by atoms with Crippen molar-refractivity contribution < 1.29 is 5.11 Å². The number of benzene rings is 1. The van der Waals surface area contributed by atoms with E-state index in [2.05, 4.69) is 30.4 Å². The highest BCUT2D eigenvalue weighted by Gasteiger charge is 2.07. The van der Waals surface area contributed by atoms with E-state index >= 15 is 0 Å². The largest absolute Gasteiger partial charge is 0.511 e. The van der Waals surface area contributed by atoms with Gasteiger partial charge in [0.15, 0.2) is 0 Å². The zero-order valence-electron chi connectivity index (χ0n) is 10.6. The summed E-state index contributed by atoms with van der Waals surface area (Å²) in [6.07, 6.45) is 8.29. The number of hydrogen-bond donors (Lipinski definition) is 1. The van der Waals surface area contributed by atoms with E-state index in [0.29, 0.717) is 5.76 Å². The van der Waals surface area contributed by atoms with Gasteiger partial charge in [-0.1, -0.05) is 54.6 Å². The molecule has 1 nitrogen and oxygen atoms in total. The van der Waals surface area contributed by atoms with Gasteiger partial charge >= 0.3 is 0 Å². The van der Waals surface area contributed by atoms with Crippen molar-refractivity contribution in [3.63, 3.8) is 0 Å². The van der Waals surface area contributed by atoms with Gasteiger partial charge < -0.3 is 5.11 Å². The fourth-order valence-corrected chi connectivity index (χ4v) is 3.23. The monoisotopic (exact) mass is 266 g/mol. The second kappa shape index (κ2) is 4.90. The van der Waals surface area contributed by atoms with Crippen LogP contribution in [0.1, 0.15) is 6.92 Å². The first-order valence-corrected chi connectivity index (χ1v) is 7.01. The molecule has 1 aliphatic carbocycles. The van der Waals surface area contributed by atoms with E-state index in [-0.39, 0.29) is 0 Å². The molecule has 19 heavy (non-hydrogen) atoms. The van der Waals surface area contributed by atoms with Crippen LogP contribution in [0.4, 0.5) is 0 Å². The number of aliphatic hydroxyl groups excluding tert-OH is 1. The second-order valence-corrected chi connectivity index (χ2v) is 5.53. The van der Waals surface area contributed by atoms with E-state index in [1.165, 1.54) is 21.2 Å². The number of rotatable bonds is 1. The summed E-state index contributed by atoms with van der Waals surface area (Å²) < 4.78 is 2.13. The van der Waals surface area contributed by atoms with Crippen molar-refractivity contribution >= 4 is 22.7 Å². The summed E-state index contributed by atoms with van der Waals surface area (Å²) in [4.78, 5) is 0. The Morgan fingerprint density at radius 2 is 1.74 bits per heavy atom. The molecule has 0 unspecified atom stereocenters. The fraction of sp³-hybridized carbons (Fsp3) is 0.0588. The van der Waals surface area contributed by atoms with Crippen LogP contribution in [0.2, 0.25) is 0 Å². The summed E-state index contributed by atoms with van der Waals surface area (Å²) in [5, 5.41) is 9.73. The zero-order valence-corrected chi connectivity index (χ0v) is 11.4. The predicted molar refractivity (Wildman–Crippen MR) is 82.4 cm³/mol. The average Bonchev–Trinajstić information content (AvgIpc) is 3.08. The Labute approximate surface area is 116 Å². The highest BCUT2D eigenvalue weighted by molar-refractivity contribution is 7.08. The molecule has 0 aliphatic heterocycles. The first kappa shape index (κ1) is 12.0. The van der Waals surface area contributed by atoms with E-state index in [4.69, 9.17) is 0 Å². The van der Waals surface area contributed by atoms with E-state index in [9.17, 15) is 5.11 Å². The molecule has 1 heterocycles. The van der Waals surface area contributed by atoms with Crippen molar-refractivity contribution in [2.75, 3.05) is 0 Å². The minimum Gasteiger partial charge on any atom is -0.511 e. The molecular weight excluding hydrogens is 252 g/mol. The van der Waals surface area contributed by atoms with Gasteiger partial charge in [-0.05, 0) is 24.1 Å². The summed E-state index contributed by atoms with van der Waals surface area (Å²) in [5.41, 5.74) is 3.57. The number of allylic oxidation sites excluding steroid dienone is 4. The lowest BCUT2D eigenvalue weighted by atomic mass is 10.1. The van der Waals surface area contributed by atoms with Gasteiger partial charge in [0, 0.05) is 10.1 Å². The van der Waals surface area contributed by atoms with Crippen molar-refractivity contribution in [1.82, 2.24) is 0 Å². The third-order valence-corrected chi connectivity index (χ3v) is 4.39. The Bertz CT molecular complexity index is 758. The first-order chi connectivity index (χ1) is 9.25. The van der Waals surface area contributed by atoms with Crippen molar-refractivity contribution in [2.24, 2.45) is 0 Å². The number of hydrogen-bond acceptors (Lipinski definition) is 2. The molecule has 0 atom stereocenters. The molecule has 0 spiro atoms. The third-order valence-electron chi connectivity index (χ3n) is 3.10. The van der Waals surface area contributed by atoms with Crippen LogP contribution in [0, 0.1) is 0 Å². The van der Waals surface area contributed by atoms with Crippen molar-refractivity contribution in [2.45, 2.75) is 6.92 Å². The highest BCUT2D eigenvalue weighted by Crippen LogP contribution is 2.18. The Morgan fingerprint density at radius 1 is 1.05 bits per heavy atom. The first-order valence-electron chi connectivity index (χ1n) is 6.20. The molecule has 1 N–H and O–H groups in total. The second-order valence-electron chi connectivity index (χ2n) is 4.48. The van der Waals surface area contributed by atoms with Gasteiger partial charge in [-0.2, -0.15) is 0 Å². The summed E-state index contributed by atoms with van der Waals surface area (Å²) in [5.74, 6) is 0.375. The molecule has 3 rings (SSSR count). The average molecular weight is 266 g/mol. The van der Waals surface area contributed by atoms with Crippen molar-refractivity contribution in [1.29, 1.82) is 0 Å². The molecule has 1 aromatic carbocycles. The minimum atomic E-state index is 0.375. The SMILES string of the molecule is CC(O)=c1cc(-c2ccccc2)c(=C2C=CC=C2)s1. The smallest absolute Gasteiger partial charge is 0.106 e. The van der Waals surface area contributed by atoms with Crippen molar-refractivity contribution in [3.8, 4) is 11.1 Å². The lowest BCUT2D eigenvalue weighted by molar-refractivity contribution is 0.500. The molecule has 2 heteroatoms. The van der Waals surface area contributed by atoms with Crippen LogP contribution >= 0.6 is 11.3 Å². The van der Waals surface area contributed by atoms with Crippen LogP contribution in [-0.4, -0.2) is 5.11 Å². The Hall–Kier alpha value is -2.06. The molecule has 94 valence electrons. The summed E-state index contributed by atoms with van der Waals surface area (Å²) in [7, 11) is 0. The van der Waals surface area contributed by atoms with Crippen LogP contribution in [0.3, 0.4) is 0 Å². The maximum Gasteiger partial charge on any atom is 0.106 e. The highest BCUT2D eigenvalue weighted by atomic mass is 32.1. The normalized spacial score (nSPS) is 15.1. The number of thiophene rings is 1. The standard InChI is InChI=1S/C17H14OS/c1-12(18)16-11-15(13-7-3-2-4-8-13)17(19-16)14-9-5-6-10-14/h2-11,18H,1H3. The summed E-state index contributed by atoms with van der Waals surface area (Å²) in [6.45, 7) is 1.73. The van der Waals surface area contributed by atoms with Crippen LogP contribution in [0.5, 0.6) is 0 Å². The molecule has 0 amide bonds. The van der Waals surface area contributed by atoms with E-state index < -0.39 is 0 Å². The Kier molecular flexibility index (Phi) is 3.10. The molecule has 0 radical (unpaired) electrons. The molecule has 1 aromatic heterocycles. The van der Waals surface area contributed by atoms with Crippen LogP contribution < -0.4 is 9.06 Å². The maximum atomic E-state index is 9.73. The molecule has 0 fully saturated rings. The molecule has 1 aliphatic rings. The fourth-order valence-electron chi connectivity index (χ4n) is 2.14. The number of aliphatic hydroxyl groups is 1. The molecular formula is C17H14OS. The molecule has 2 aromatic rings. The summed E-state index contributed by atoms with van der Waals surface area (Å²) in [6, 6.07) is 12.4. The van der Waals surface area contributed by atoms with Gasteiger partial charge in [0.2, 0.25) is 0 Å². The Morgan fingerprint density at radius 3 is 2.37 bits per heavy atom. The predicted octanol–water partition coefficient (Wildman–Crippen LogP) is 3.38. The van der Waals surface area contributed by atoms with Gasteiger partial charge in [0.05, 0.1) is 4.53 Å². The van der Waals surface area contributed by atoms with Gasteiger partial charge in [-0.3, -0.25) is 0 Å². The molecule has 0 saturated carbocycles. The lowest BCUT2D eigenvalue weighted by Gasteiger charge is -1.98. The lowest BCUT2D eigenvalue weighted by Crippen LogP contribution is -2.00. The van der Waals surface area contributed by atoms with E-state index in [0.717, 1.165) is 4.53 Å². The zero-order chi connectivity index (χ0) is 13.2. The maximum absolute atomic E-state index is 9.73. The van der Waals surface area contributed by atoms with E-state index in [1.54, 1.807) is 18.3 Å². The topological polar surface area (TPSA) is 20.2 Å². The van der Waals surface area contributed by atoms with Gasteiger partial charge in [0.1, 0.15) is 5.76 Å². The molecule has 0 saturated heterocycles. The van der Waals surface area contributed by atoms with Crippen LogP contribution in [0.25, 0.3) is 22.5 Å². The Balaban J connectivity index is 2.37. The molecule has 0 bridgehead atoms. The quantitative estimate of drug-likeness (QED) is 0.839. The van der Waals surface area contributed by atoms with Gasteiger partial charge in [-0.15, -0.1) is 11.3 Å². The minimum absolute atomic E-state index is 0.375. The third kappa shape index (κ3) is 2.27. The van der Waals surface area contributed by atoms with Crippen molar-refractivity contribution in [3.05, 3.63) is 69.8 Å². The van der Waals surface area contributed by atoms with Crippen LogP contribution in [0.15, 0.2) is 60.7 Å². The summed E-state index contributed by atoms with van der Waals surface area (Å²) >= 11 is 1.63. The van der Waals surface area contributed by atoms with Crippen LogP contribution in [-0.2, 0) is 0 Å². The van der Waals surface area contributed by atoms with Gasteiger partial charge in [0.25, 0.3) is 0 Å². The van der Waals surface area contributed by atoms with Gasteiger partial charge in [-0.25, -0.2) is 0 Å². The van der Waals surface area contributed by atoms with E-state index in [1.807, 2.05) is 30.4 Å².